The molecule has 1 aromatic rings. The molecule has 0 radical (unpaired) electrons. The highest BCUT2D eigenvalue weighted by Gasteiger charge is 2.12. The number of amides is 1. The van der Waals surface area contributed by atoms with E-state index in [-0.39, 0.29) is 24.3 Å². The molecule has 0 fully saturated rings. The highest BCUT2D eigenvalue weighted by Crippen LogP contribution is 2.11. The van der Waals surface area contributed by atoms with Gasteiger partial charge in [0.25, 0.3) is 0 Å². The summed E-state index contributed by atoms with van der Waals surface area (Å²) >= 11 is 0. The summed E-state index contributed by atoms with van der Waals surface area (Å²) in [6, 6.07) is 6.85. The molecule has 6 heteroatoms. The van der Waals surface area contributed by atoms with E-state index < -0.39 is 0 Å². The number of esters is 1. The van der Waals surface area contributed by atoms with Crippen LogP contribution in [-0.2, 0) is 9.53 Å². The van der Waals surface area contributed by atoms with E-state index >= 15 is 0 Å². The molecule has 0 bridgehead atoms. The number of halogens is 1. The lowest BCUT2D eigenvalue weighted by atomic mass is 10.2. The molecule has 0 atom stereocenters. The van der Waals surface area contributed by atoms with E-state index in [0.29, 0.717) is 30.3 Å². The second-order valence-electron chi connectivity index (χ2n) is 7.10. The van der Waals surface area contributed by atoms with Crippen LogP contribution >= 0.6 is 12.4 Å². The summed E-state index contributed by atoms with van der Waals surface area (Å²) in [5.74, 6) is -0.0462. The molecule has 0 saturated heterocycles. The van der Waals surface area contributed by atoms with Gasteiger partial charge in [0.05, 0.1) is 18.7 Å². The van der Waals surface area contributed by atoms with Gasteiger partial charge in [0.2, 0.25) is 5.91 Å². The number of hydrogen-bond donors (Lipinski definition) is 1. The number of carbonyl (C=O) groups is 2. The van der Waals surface area contributed by atoms with Gasteiger partial charge in [-0.3, -0.25) is 9.69 Å². The van der Waals surface area contributed by atoms with Crippen molar-refractivity contribution in [3.05, 3.63) is 29.8 Å². The lowest BCUT2D eigenvalue weighted by Crippen LogP contribution is -2.34. The van der Waals surface area contributed by atoms with Gasteiger partial charge in [0, 0.05) is 5.69 Å². The van der Waals surface area contributed by atoms with Crippen molar-refractivity contribution in [2.45, 2.75) is 53.4 Å². The minimum Gasteiger partial charge on any atom is -0.462 e. The maximum Gasteiger partial charge on any atom is 0.338 e. The molecular weight excluding hydrogens is 364 g/mol. The van der Waals surface area contributed by atoms with Crippen molar-refractivity contribution in [3.8, 4) is 0 Å². The fourth-order valence-electron chi connectivity index (χ4n) is 2.45. The van der Waals surface area contributed by atoms with Crippen LogP contribution in [0.25, 0.3) is 0 Å². The number of unbranched alkanes of at least 4 members (excludes halogenated alkanes) is 2. The molecule has 0 saturated carbocycles. The van der Waals surface area contributed by atoms with Crippen LogP contribution in [0, 0.1) is 5.92 Å². The molecule has 27 heavy (non-hydrogen) atoms. The van der Waals surface area contributed by atoms with Crippen LogP contribution in [-0.4, -0.2) is 43.0 Å². The molecule has 1 N–H and O–H groups in total. The fourth-order valence-corrected chi connectivity index (χ4v) is 2.45. The van der Waals surface area contributed by atoms with Crippen molar-refractivity contribution in [2.75, 3.05) is 31.6 Å². The lowest BCUT2D eigenvalue weighted by molar-refractivity contribution is -0.117. The van der Waals surface area contributed by atoms with E-state index in [9.17, 15) is 9.59 Å². The molecule has 1 aromatic carbocycles. The Labute approximate surface area is 170 Å². The molecule has 0 spiro atoms. The molecule has 1 rings (SSSR count). The zero-order chi connectivity index (χ0) is 19.4. The Kier molecular flexibility index (Phi) is 13.6. The number of nitrogens with one attached hydrogen (secondary N) is 1. The number of carbonyl (C=O) groups excluding carboxylic acids is 2. The van der Waals surface area contributed by atoms with Gasteiger partial charge >= 0.3 is 5.97 Å². The van der Waals surface area contributed by atoms with Gasteiger partial charge in [-0.1, -0.05) is 40.5 Å². The Morgan fingerprint density at radius 1 is 1.04 bits per heavy atom. The first-order valence-corrected chi connectivity index (χ1v) is 9.75. The Morgan fingerprint density at radius 2 is 1.59 bits per heavy atom. The van der Waals surface area contributed by atoms with Crippen molar-refractivity contribution in [1.29, 1.82) is 0 Å². The zero-order valence-electron chi connectivity index (χ0n) is 17.1. The summed E-state index contributed by atoms with van der Waals surface area (Å²) in [5, 5.41) is 2.91. The standard InChI is InChI=1S/C21H34N2O3.ClH/c1-5-7-13-23(14-8-6-2)15-20(24)22-19-11-9-18(10-12-19)21(25)26-16-17(3)4;/h9-12,17H,5-8,13-16H2,1-4H3,(H,22,24);1H. The van der Waals surface area contributed by atoms with E-state index in [2.05, 4.69) is 24.1 Å². The van der Waals surface area contributed by atoms with Crippen molar-refractivity contribution in [2.24, 2.45) is 5.92 Å². The highest BCUT2D eigenvalue weighted by molar-refractivity contribution is 5.94. The van der Waals surface area contributed by atoms with Crippen LogP contribution in [0.1, 0.15) is 63.7 Å². The van der Waals surface area contributed by atoms with E-state index in [4.69, 9.17) is 4.74 Å². The van der Waals surface area contributed by atoms with Crippen LogP contribution in [0.3, 0.4) is 0 Å². The number of benzene rings is 1. The van der Waals surface area contributed by atoms with Gasteiger partial charge in [-0.2, -0.15) is 0 Å². The third-order valence-electron chi connectivity index (χ3n) is 3.98. The minimum absolute atomic E-state index is 0. The molecule has 0 aromatic heterocycles. The quantitative estimate of drug-likeness (QED) is 0.515. The van der Waals surface area contributed by atoms with E-state index in [1.165, 1.54) is 0 Å². The fraction of sp³-hybridized carbons (Fsp3) is 0.619. The Balaban J connectivity index is 0.00000676. The van der Waals surface area contributed by atoms with Crippen molar-refractivity contribution in [3.63, 3.8) is 0 Å². The van der Waals surface area contributed by atoms with Crippen LogP contribution < -0.4 is 5.32 Å². The highest BCUT2D eigenvalue weighted by atomic mass is 35.5. The Morgan fingerprint density at radius 3 is 2.07 bits per heavy atom. The predicted molar refractivity (Wildman–Crippen MR) is 114 cm³/mol. The first-order valence-electron chi connectivity index (χ1n) is 9.75. The van der Waals surface area contributed by atoms with E-state index in [1.54, 1.807) is 24.3 Å². The number of ether oxygens (including phenoxy) is 1. The topological polar surface area (TPSA) is 58.6 Å². The molecule has 154 valence electrons. The summed E-state index contributed by atoms with van der Waals surface area (Å²) in [6.07, 6.45) is 4.45. The van der Waals surface area contributed by atoms with Crippen LogP contribution in [0.2, 0.25) is 0 Å². The minimum atomic E-state index is -0.332. The summed E-state index contributed by atoms with van der Waals surface area (Å²) in [4.78, 5) is 26.4. The largest absolute Gasteiger partial charge is 0.462 e. The first-order chi connectivity index (χ1) is 12.5. The zero-order valence-corrected chi connectivity index (χ0v) is 17.9. The SMILES string of the molecule is CCCCN(CCCC)CC(=O)Nc1ccc(C(=O)OCC(C)C)cc1.Cl. The van der Waals surface area contributed by atoms with E-state index in [0.717, 1.165) is 38.8 Å². The lowest BCUT2D eigenvalue weighted by Gasteiger charge is -2.21. The average molecular weight is 399 g/mol. The normalized spacial score (nSPS) is 10.6. The third kappa shape index (κ3) is 11.0. The molecule has 1 amide bonds. The number of hydrogen-bond acceptors (Lipinski definition) is 4. The van der Waals surface area contributed by atoms with E-state index in [1.807, 2.05) is 13.8 Å². The average Bonchev–Trinajstić information content (AvgIpc) is 2.62. The van der Waals surface area contributed by atoms with Crippen molar-refractivity contribution >= 4 is 30.0 Å². The predicted octanol–water partition coefficient (Wildman–Crippen LogP) is 4.76. The maximum absolute atomic E-state index is 12.3. The second kappa shape index (κ2) is 14.5. The van der Waals surface area contributed by atoms with Gasteiger partial charge in [0.15, 0.2) is 0 Å². The van der Waals surface area contributed by atoms with Gasteiger partial charge in [-0.05, 0) is 56.1 Å². The molecule has 5 nitrogen and oxygen atoms in total. The monoisotopic (exact) mass is 398 g/mol. The number of anilines is 1. The van der Waals surface area contributed by atoms with Crippen LogP contribution in [0.4, 0.5) is 5.69 Å². The first kappa shape index (κ1) is 25.4. The smallest absolute Gasteiger partial charge is 0.338 e. The molecule has 0 aliphatic rings. The summed E-state index contributed by atoms with van der Waals surface area (Å²) < 4.78 is 5.21. The van der Waals surface area contributed by atoms with Gasteiger partial charge in [0.1, 0.15) is 0 Å². The summed E-state index contributed by atoms with van der Waals surface area (Å²) in [7, 11) is 0. The maximum atomic E-state index is 12.3. The number of nitrogens with zero attached hydrogens (tertiary/aromatic N) is 1. The third-order valence-corrected chi connectivity index (χ3v) is 3.98. The van der Waals surface area contributed by atoms with Crippen molar-refractivity contribution in [1.82, 2.24) is 4.90 Å². The van der Waals surface area contributed by atoms with Crippen molar-refractivity contribution < 1.29 is 14.3 Å². The van der Waals surface area contributed by atoms with Gasteiger partial charge in [-0.25, -0.2) is 4.79 Å². The molecule has 0 aliphatic carbocycles. The summed E-state index contributed by atoms with van der Waals surface area (Å²) in [5.41, 5.74) is 1.19. The molecule has 0 unspecified atom stereocenters. The second-order valence-corrected chi connectivity index (χ2v) is 7.10. The van der Waals surface area contributed by atoms with Gasteiger partial charge < -0.3 is 10.1 Å². The molecule has 0 heterocycles. The molecular formula is C21H35ClN2O3. The molecule has 0 aliphatic heterocycles. The Bertz CT molecular complexity index is 539. The Hall–Kier alpha value is -1.59. The summed E-state index contributed by atoms with van der Waals surface area (Å²) in [6.45, 7) is 11.0. The van der Waals surface area contributed by atoms with Gasteiger partial charge in [-0.15, -0.1) is 12.4 Å². The van der Waals surface area contributed by atoms with Crippen LogP contribution in [0.15, 0.2) is 24.3 Å². The number of rotatable bonds is 12. The van der Waals surface area contributed by atoms with Crippen LogP contribution in [0.5, 0.6) is 0 Å².